The predicted octanol–water partition coefficient (Wildman–Crippen LogP) is 4.71. The zero-order valence-corrected chi connectivity index (χ0v) is 15.0. The maximum absolute atomic E-state index is 12.7. The van der Waals surface area contributed by atoms with E-state index in [2.05, 4.69) is 41.8 Å². The van der Waals surface area contributed by atoms with Crippen molar-refractivity contribution in [2.75, 3.05) is 0 Å². The molecule has 1 aromatic heterocycles. The van der Waals surface area contributed by atoms with Crippen molar-refractivity contribution in [1.82, 2.24) is 5.01 Å². The predicted molar refractivity (Wildman–Crippen MR) is 93.4 cm³/mol. The largest absolute Gasteiger partial charge is 0.459 e. The van der Waals surface area contributed by atoms with Gasteiger partial charge < -0.3 is 4.42 Å². The number of carbonyl (C=O) groups is 1. The highest BCUT2D eigenvalue weighted by Crippen LogP contribution is 2.34. The Hall–Kier alpha value is -1.88. The van der Waals surface area contributed by atoms with Crippen molar-refractivity contribution < 1.29 is 9.21 Å². The van der Waals surface area contributed by atoms with Gasteiger partial charge in [0.15, 0.2) is 5.76 Å². The highest BCUT2D eigenvalue weighted by Gasteiger charge is 2.40. The van der Waals surface area contributed by atoms with Gasteiger partial charge in [-0.1, -0.05) is 48.8 Å². The summed E-state index contributed by atoms with van der Waals surface area (Å²) in [6, 6.07) is 11.4. The number of furan rings is 1. The van der Waals surface area contributed by atoms with E-state index in [1.807, 2.05) is 24.3 Å². The van der Waals surface area contributed by atoms with Crippen LogP contribution in [-0.4, -0.2) is 22.7 Å². The topological polar surface area (TPSA) is 45.8 Å². The Kier molecular flexibility index (Phi) is 4.15. The van der Waals surface area contributed by atoms with Crippen LogP contribution in [0.4, 0.5) is 0 Å². The van der Waals surface area contributed by atoms with E-state index < -0.39 is 0 Å². The molecule has 1 aromatic carbocycles. The summed E-state index contributed by atoms with van der Waals surface area (Å²) < 4.78 is 6.28. The number of hydrogen-bond donors (Lipinski definition) is 0. The summed E-state index contributed by atoms with van der Waals surface area (Å²) in [5.41, 5.74) is 1.89. The Morgan fingerprint density at radius 2 is 1.96 bits per heavy atom. The van der Waals surface area contributed by atoms with Crippen molar-refractivity contribution in [2.45, 2.75) is 33.2 Å². The van der Waals surface area contributed by atoms with Gasteiger partial charge in [-0.05, 0) is 35.2 Å². The summed E-state index contributed by atoms with van der Waals surface area (Å²) in [7, 11) is 0. The molecule has 0 saturated carbocycles. The van der Waals surface area contributed by atoms with Crippen LogP contribution in [0.5, 0.6) is 0 Å². The number of rotatable bonds is 2. The first-order valence-electron chi connectivity index (χ1n) is 7.57. The molecule has 1 amide bonds. The Labute approximate surface area is 144 Å². The number of carbonyl (C=O) groups excluding carboxylic acids is 1. The maximum Gasteiger partial charge on any atom is 0.309 e. The minimum absolute atomic E-state index is 0.00116. The van der Waals surface area contributed by atoms with Gasteiger partial charge >= 0.3 is 5.91 Å². The molecule has 0 saturated heterocycles. The van der Waals surface area contributed by atoms with Gasteiger partial charge in [-0.2, -0.15) is 5.10 Å². The van der Waals surface area contributed by atoms with Gasteiger partial charge in [0.05, 0.1) is 18.0 Å². The van der Waals surface area contributed by atoms with Crippen LogP contribution in [0.3, 0.4) is 0 Å². The summed E-state index contributed by atoms with van der Waals surface area (Å²) in [5, 5.41) is 6.20. The fraction of sp³-hybridized carbons (Fsp3) is 0.333. The highest BCUT2D eigenvalue weighted by atomic mass is 79.9. The minimum Gasteiger partial charge on any atom is -0.459 e. The smallest absolute Gasteiger partial charge is 0.309 e. The number of amides is 1. The van der Waals surface area contributed by atoms with Crippen LogP contribution in [0, 0.1) is 5.41 Å². The molecule has 0 aliphatic carbocycles. The van der Waals surface area contributed by atoms with E-state index in [4.69, 9.17) is 4.42 Å². The van der Waals surface area contributed by atoms with E-state index in [1.165, 1.54) is 6.26 Å². The van der Waals surface area contributed by atoms with Crippen molar-refractivity contribution in [1.29, 1.82) is 0 Å². The summed E-state index contributed by atoms with van der Waals surface area (Å²) in [5.74, 6) is 0.127. The van der Waals surface area contributed by atoms with E-state index in [0.717, 1.165) is 22.2 Å². The van der Waals surface area contributed by atoms with Crippen LogP contribution >= 0.6 is 15.9 Å². The standard InChI is InChI=1S/C18H19BrN2O2/c1-18(2,3)16-11-14(12-6-8-13(19)9-7-12)20-21(16)17(22)15-5-4-10-23-15/h4-10,16H,11H2,1-3H3/t16-/m0/s1. The quantitative estimate of drug-likeness (QED) is 0.763. The summed E-state index contributed by atoms with van der Waals surface area (Å²) in [6.07, 6.45) is 2.24. The molecule has 1 aliphatic rings. The lowest BCUT2D eigenvalue weighted by atomic mass is 9.83. The second kappa shape index (κ2) is 5.96. The molecule has 5 heteroatoms. The highest BCUT2D eigenvalue weighted by molar-refractivity contribution is 9.10. The fourth-order valence-corrected chi connectivity index (χ4v) is 2.97. The lowest BCUT2D eigenvalue weighted by Gasteiger charge is -2.32. The molecule has 0 fully saturated rings. The van der Waals surface area contributed by atoms with E-state index in [-0.39, 0.29) is 17.4 Å². The van der Waals surface area contributed by atoms with E-state index >= 15 is 0 Å². The Bertz CT molecular complexity index is 727. The number of benzene rings is 1. The fourth-order valence-electron chi connectivity index (χ4n) is 2.70. The Balaban J connectivity index is 1.96. The molecule has 4 nitrogen and oxygen atoms in total. The summed E-state index contributed by atoms with van der Waals surface area (Å²) in [4.78, 5) is 12.7. The van der Waals surface area contributed by atoms with Crippen molar-refractivity contribution >= 4 is 27.5 Å². The number of hydrogen-bond acceptors (Lipinski definition) is 3. The van der Waals surface area contributed by atoms with Crippen LogP contribution < -0.4 is 0 Å². The Morgan fingerprint density at radius 3 is 2.52 bits per heavy atom. The van der Waals surface area contributed by atoms with Crippen molar-refractivity contribution in [3.8, 4) is 0 Å². The van der Waals surface area contributed by atoms with Crippen LogP contribution in [0.25, 0.3) is 0 Å². The van der Waals surface area contributed by atoms with Gasteiger partial charge in [0.25, 0.3) is 0 Å². The van der Waals surface area contributed by atoms with Crippen LogP contribution in [0.1, 0.15) is 43.3 Å². The number of hydrazone groups is 1. The van der Waals surface area contributed by atoms with Gasteiger partial charge in [-0.25, -0.2) is 5.01 Å². The third kappa shape index (κ3) is 3.24. The molecule has 2 heterocycles. The lowest BCUT2D eigenvalue weighted by molar-refractivity contribution is 0.0552. The molecule has 0 radical (unpaired) electrons. The Morgan fingerprint density at radius 1 is 1.26 bits per heavy atom. The molecule has 0 bridgehead atoms. The first kappa shape index (κ1) is 16.0. The molecule has 1 aliphatic heterocycles. The molecule has 0 spiro atoms. The third-order valence-electron chi connectivity index (χ3n) is 4.03. The number of nitrogens with zero attached hydrogens (tertiary/aromatic N) is 2. The summed E-state index contributed by atoms with van der Waals surface area (Å²) in [6.45, 7) is 6.38. The molecule has 0 N–H and O–H groups in total. The SMILES string of the molecule is CC(C)(C)[C@@H]1CC(c2ccc(Br)cc2)=NN1C(=O)c1ccco1. The molecule has 23 heavy (non-hydrogen) atoms. The van der Waals surface area contributed by atoms with E-state index in [9.17, 15) is 4.79 Å². The van der Waals surface area contributed by atoms with Crippen LogP contribution in [-0.2, 0) is 0 Å². The average molecular weight is 375 g/mol. The van der Waals surface area contributed by atoms with Crippen molar-refractivity contribution in [3.05, 3.63) is 58.5 Å². The van der Waals surface area contributed by atoms with Crippen molar-refractivity contribution in [2.24, 2.45) is 10.5 Å². The molecule has 1 atom stereocenters. The van der Waals surface area contributed by atoms with Gasteiger partial charge in [0, 0.05) is 10.9 Å². The van der Waals surface area contributed by atoms with Gasteiger partial charge in [0.1, 0.15) is 0 Å². The average Bonchev–Trinajstić information content (AvgIpc) is 3.16. The molecular weight excluding hydrogens is 356 g/mol. The van der Waals surface area contributed by atoms with Gasteiger partial charge in [-0.3, -0.25) is 4.79 Å². The number of halogens is 1. The second-order valence-corrected chi connectivity index (χ2v) is 7.68. The maximum atomic E-state index is 12.7. The van der Waals surface area contributed by atoms with Crippen LogP contribution in [0.2, 0.25) is 0 Å². The molecule has 3 rings (SSSR count). The monoisotopic (exact) mass is 374 g/mol. The van der Waals surface area contributed by atoms with E-state index in [0.29, 0.717) is 5.76 Å². The molecule has 2 aromatic rings. The van der Waals surface area contributed by atoms with Crippen LogP contribution in [0.15, 0.2) is 56.7 Å². The van der Waals surface area contributed by atoms with Gasteiger partial charge in [0.2, 0.25) is 0 Å². The van der Waals surface area contributed by atoms with E-state index in [1.54, 1.807) is 17.1 Å². The first-order valence-corrected chi connectivity index (χ1v) is 8.36. The summed E-state index contributed by atoms with van der Waals surface area (Å²) >= 11 is 3.44. The van der Waals surface area contributed by atoms with Crippen molar-refractivity contribution in [3.63, 3.8) is 0 Å². The normalized spacial score (nSPS) is 18.2. The minimum atomic E-state index is -0.193. The second-order valence-electron chi connectivity index (χ2n) is 6.77. The zero-order valence-electron chi connectivity index (χ0n) is 13.4. The molecule has 0 unspecified atom stereocenters. The third-order valence-corrected chi connectivity index (χ3v) is 4.56. The lowest BCUT2D eigenvalue weighted by Crippen LogP contribution is -2.41. The molecular formula is C18H19BrN2O2. The zero-order chi connectivity index (χ0) is 16.6. The molecule has 120 valence electrons. The van der Waals surface area contributed by atoms with Gasteiger partial charge in [-0.15, -0.1) is 0 Å². The first-order chi connectivity index (χ1) is 10.9.